The summed E-state index contributed by atoms with van der Waals surface area (Å²) in [6.45, 7) is 3.82. The predicted molar refractivity (Wildman–Crippen MR) is 122 cm³/mol. The quantitative estimate of drug-likeness (QED) is 0.499. The van der Waals surface area contributed by atoms with Gasteiger partial charge in [-0.1, -0.05) is 13.0 Å². The van der Waals surface area contributed by atoms with Crippen molar-refractivity contribution in [3.63, 3.8) is 0 Å². The highest BCUT2D eigenvalue weighted by atomic mass is 32.1. The van der Waals surface area contributed by atoms with Gasteiger partial charge in [-0.15, -0.1) is 11.3 Å². The summed E-state index contributed by atoms with van der Waals surface area (Å²) < 4.78 is 53.5. The Kier molecular flexibility index (Phi) is 5.59. The third kappa shape index (κ3) is 4.05. The molecular weight excluding hydrogens is 483 g/mol. The average Bonchev–Trinajstić information content (AvgIpc) is 3.53. The Morgan fingerprint density at radius 1 is 1.34 bits per heavy atom. The highest BCUT2D eigenvalue weighted by Gasteiger charge is 2.47. The Morgan fingerprint density at radius 3 is 2.83 bits per heavy atom. The summed E-state index contributed by atoms with van der Waals surface area (Å²) >= 11 is 1.25. The maximum Gasteiger partial charge on any atom is 0.410 e. The minimum atomic E-state index is -4.58. The van der Waals surface area contributed by atoms with Crippen LogP contribution in [0.15, 0.2) is 24.3 Å². The van der Waals surface area contributed by atoms with Gasteiger partial charge in [0.25, 0.3) is 5.91 Å². The summed E-state index contributed by atoms with van der Waals surface area (Å²) in [6, 6.07) is 5.78. The molecule has 1 aromatic carbocycles. The molecule has 12 heteroatoms. The fraction of sp³-hybridized carbons (Fsp3) is 0.348. The van der Waals surface area contributed by atoms with Crippen molar-refractivity contribution in [1.82, 2.24) is 9.78 Å². The zero-order valence-corrected chi connectivity index (χ0v) is 19.5. The molecule has 8 nitrogen and oxygen atoms in total. The lowest BCUT2D eigenvalue weighted by Crippen LogP contribution is -2.35. The maximum absolute atomic E-state index is 14.0. The van der Waals surface area contributed by atoms with Crippen LogP contribution in [0.1, 0.15) is 57.5 Å². The first kappa shape index (κ1) is 23.0. The molecule has 3 aromatic rings. The molecule has 0 spiro atoms. The van der Waals surface area contributed by atoms with Crippen molar-refractivity contribution >= 4 is 28.1 Å². The number of amides is 1. The number of alkyl halides is 3. The number of benzene rings is 1. The number of halogens is 3. The first-order chi connectivity index (χ1) is 16.7. The van der Waals surface area contributed by atoms with Gasteiger partial charge in [-0.05, 0) is 36.6 Å². The molecule has 0 saturated heterocycles. The number of nitrogens with one attached hydrogen (secondary N) is 2. The smallest absolute Gasteiger partial charge is 0.410 e. The second kappa shape index (κ2) is 8.49. The Labute approximate surface area is 202 Å². The SMILES string of the molecule is CCc1c(C)sc(NC(=O)c2cc3n(n2)[C@H](C(F)(F)F)C[C@@H](c2ccc4c(c2)OCO4)N3)c1C#N. The zero-order chi connectivity index (χ0) is 24.9. The molecule has 2 aromatic heterocycles. The van der Waals surface area contributed by atoms with E-state index < -0.39 is 24.2 Å². The molecule has 0 fully saturated rings. The van der Waals surface area contributed by atoms with Crippen molar-refractivity contribution < 1.29 is 27.4 Å². The van der Waals surface area contributed by atoms with Gasteiger partial charge < -0.3 is 20.1 Å². The third-order valence-corrected chi connectivity index (χ3v) is 7.19. The van der Waals surface area contributed by atoms with E-state index in [0.717, 1.165) is 15.1 Å². The Bertz CT molecular complexity index is 1360. The number of hydrogen-bond donors (Lipinski definition) is 2. The lowest BCUT2D eigenvalue weighted by molar-refractivity contribution is -0.173. The maximum atomic E-state index is 14.0. The third-order valence-electron chi connectivity index (χ3n) is 6.12. The molecule has 0 unspecified atom stereocenters. The lowest BCUT2D eigenvalue weighted by atomic mass is 9.96. The number of thiophene rings is 1. The van der Waals surface area contributed by atoms with Crippen LogP contribution in [0, 0.1) is 18.3 Å². The predicted octanol–water partition coefficient (Wildman–Crippen LogP) is 5.33. The number of fused-ring (bicyclic) bond motifs is 2. The first-order valence-corrected chi connectivity index (χ1v) is 11.7. The minimum absolute atomic E-state index is 0.0599. The molecule has 0 bridgehead atoms. The Balaban J connectivity index is 1.45. The van der Waals surface area contributed by atoms with Crippen LogP contribution in [0.5, 0.6) is 11.5 Å². The fourth-order valence-electron chi connectivity index (χ4n) is 4.41. The van der Waals surface area contributed by atoms with Gasteiger partial charge in [0.2, 0.25) is 6.79 Å². The number of aryl methyl sites for hydroxylation is 1. The number of ether oxygens (including phenoxy) is 2. The molecule has 1 amide bonds. The first-order valence-electron chi connectivity index (χ1n) is 10.9. The molecule has 4 heterocycles. The molecule has 2 N–H and O–H groups in total. The molecule has 2 aliphatic heterocycles. The topological polar surface area (TPSA) is 101 Å². The van der Waals surface area contributed by atoms with Crippen molar-refractivity contribution in [3.05, 3.63) is 51.5 Å². The van der Waals surface area contributed by atoms with Crippen molar-refractivity contribution in [2.24, 2.45) is 0 Å². The highest BCUT2D eigenvalue weighted by Crippen LogP contribution is 2.45. The number of aromatic nitrogens is 2. The van der Waals surface area contributed by atoms with Crippen molar-refractivity contribution in [2.45, 2.75) is 44.9 Å². The Morgan fingerprint density at radius 2 is 2.11 bits per heavy atom. The second-order valence-electron chi connectivity index (χ2n) is 8.22. The van der Waals surface area contributed by atoms with Crippen LogP contribution in [0.2, 0.25) is 0 Å². The van der Waals surface area contributed by atoms with Crippen LogP contribution < -0.4 is 20.1 Å². The van der Waals surface area contributed by atoms with Crippen LogP contribution in [0.3, 0.4) is 0 Å². The van der Waals surface area contributed by atoms with Crippen LogP contribution >= 0.6 is 11.3 Å². The average molecular weight is 504 g/mol. The summed E-state index contributed by atoms with van der Waals surface area (Å²) in [4.78, 5) is 13.8. The van der Waals surface area contributed by atoms with Gasteiger partial charge in [0, 0.05) is 17.4 Å². The summed E-state index contributed by atoms with van der Waals surface area (Å²) in [5.74, 6) is 0.392. The van der Waals surface area contributed by atoms with E-state index in [-0.39, 0.29) is 24.7 Å². The summed E-state index contributed by atoms with van der Waals surface area (Å²) in [6.07, 6.45) is -4.28. The van der Waals surface area contributed by atoms with E-state index in [4.69, 9.17) is 9.47 Å². The van der Waals surface area contributed by atoms with Crippen molar-refractivity contribution in [2.75, 3.05) is 17.4 Å². The number of anilines is 2. The summed E-state index contributed by atoms with van der Waals surface area (Å²) in [5, 5.41) is 19.6. The molecule has 0 saturated carbocycles. The molecule has 2 atom stereocenters. The molecule has 5 rings (SSSR count). The second-order valence-corrected chi connectivity index (χ2v) is 9.45. The summed E-state index contributed by atoms with van der Waals surface area (Å²) in [5.41, 5.74) is 1.62. The van der Waals surface area contributed by atoms with Gasteiger partial charge >= 0.3 is 6.18 Å². The number of nitrogens with zero attached hydrogens (tertiary/aromatic N) is 3. The Hall–Kier alpha value is -3.72. The van der Waals surface area contributed by atoms with E-state index in [1.165, 1.54) is 17.4 Å². The van der Waals surface area contributed by atoms with Crippen molar-refractivity contribution in [3.8, 4) is 17.6 Å². The number of carbonyl (C=O) groups is 1. The highest BCUT2D eigenvalue weighted by molar-refractivity contribution is 7.16. The minimum Gasteiger partial charge on any atom is -0.454 e. The van der Waals surface area contributed by atoms with Crippen LogP contribution in [0.25, 0.3) is 0 Å². The van der Waals surface area contributed by atoms with Crippen LogP contribution in [-0.2, 0) is 6.42 Å². The van der Waals surface area contributed by atoms with Gasteiger partial charge in [-0.25, -0.2) is 4.68 Å². The summed E-state index contributed by atoms with van der Waals surface area (Å²) in [7, 11) is 0. The van der Waals surface area contributed by atoms with E-state index in [0.29, 0.717) is 34.0 Å². The van der Waals surface area contributed by atoms with Gasteiger partial charge in [-0.2, -0.15) is 23.5 Å². The number of carbonyl (C=O) groups excluding carboxylic acids is 1. The van der Waals surface area contributed by atoms with E-state index in [1.54, 1.807) is 18.2 Å². The van der Waals surface area contributed by atoms with E-state index in [9.17, 15) is 23.2 Å². The molecule has 182 valence electrons. The van der Waals surface area contributed by atoms with E-state index >= 15 is 0 Å². The number of rotatable bonds is 4. The molecule has 0 aliphatic carbocycles. The fourth-order valence-corrected chi connectivity index (χ4v) is 5.50. The monoisotopic (exact) mass is 503 g/mol. The van der Waals surface area contributed by atoms with E-state index in [1.807, 2.05) is 13.8 Å². The van der Waals surface area contributed by atoms with Gasteiger partial charge in [0.1, 0.15) is 16.9 Å². The molecular formula is C23H20F3N5O3S. The van der Waals surface area contributed by atoms with Crippen LogP contribution in [-0.4, -0.2) is 28.7 Å². The normalized spacial score (nSPS) is 18.5. The van der Waals surface area contributed by atoms with Gasteiger partial charge in [-0.3, -0.25) is 4.79 Å². The standard InChI is InChI=1S/C23H20F3N5O3S/c1-3-13-11(2)35-22(14(13)9-27)29-21(32)16-8-20-28-15(7-19(23(24,25)26)31(20)30-16)12-4-5-17-18(6-12)34-10-33-17/h4-6,8,15,19,28H,3,7,10H2,1-2H3,(H,29,32)/t15-,19-/m0/s1. The van der Waals surface area contributed by atoms with Crippen LogP contribution in [0.4, 0.5) is 24.0 Å². The lowest BCUT2D eigenvalue weighted by Gasteiger charge is -2.33. The molecule has 2 aliphatic rings. The molecule has 35 heavy (non-hydrogen) atoms. The van der Waals surface area contributed by atoms with E-state index in [2.05, 4.69) is 21.8 Å². The van der Waals surface area contributed by atoms with Crippen molar-refractivity contribution in [1.29, 1.82) is 5.26 Å². The zero-order valence-electron chi connectivity index (χ0n) is 18.7. The van der Waals surface area contributed by atoms with Gasteiger partial charge in [0.15, 0.2) is 23.2 Å². The number of hydrogen-bond acceptors (Lipinski definition) is 7. The molecule has 0 radical (unpaired) electrons. The van der Waals surface area contributed by atoms with Gasteiger partial charge in [0.05, 0.1) is 11.6 Å². The number of nitriles is 1. The largest absolute Gasteiger partial charge is 0.454 e.